The Bertz CT molecular complexity index is 738. The second-order valence-electron chi connectivity index (χ2n) is 8.57. The number of hydrogen-bond acceptors (Lipinski definition) is 2. The predicted molar refractivity (Wildman–Crippen MR) is 87.7 cm³/mol. The molecule has 0 atom stereocenters. The Morgan fingerprint density at radius 1 is 1.15 bits per heavy atom. The molecule has 0 spiro atoms. The van der Waals surface area contributed by atoms with Gasteiger partial charge >= 0.3 is 0 Å². The third-order valence-electron chi connectivity index (χ3n) is 6.14. The van der Waals surface area contributed by atoms with E-state index in [2.05, 4.69) is 10.4 Å². The number of rotatable bonds is 4. The summed E-state index contributed by atoms with van der Waals surface area (Å²) in [6, 6.07) is 0.129. The van der Waals surface area contributed by atoms with Crippen molar-refractivity contribution >= 4 is 11.7 Å². The van der Waals surface area contributed by atoms with Crippen LogP contribution < -0.4 is 5.32 Å². The molecule has 0 radical (unpaired) electrons. The number of carbonyl (C=O) groups is 1. The van der Waals surface area contributed by atoms with Gasteiger partial charge in [-0.15, -0.1) is 0 Å². The minimum absolute atomic E-state index is 0.129. The van der Waals surface area contributed by atoms with Crippen LogP contribution in [0.25, 0.3) is 0 Å². The lowest BCUT2D eigenvalue weighted by Gasteiger charge is -2.44. The average Bonchev–Trinajstić information content (AvgIpc) is 2.70. The lowest BCUT2D eigenvalue weighted by atomic mass is 9.65. The maximum Gasteiger partial charge on any atom is 0.250 e. The van der Waals surface area contributed by atoms with Gasteiger partial charge in [-0.25, -0.2) is 22.2 Å². The molecule has 0 unspecified atom stereocenters. The fourth-order valence-electron chi connectivity index (χ4n) is 4.46. The summed E-state index contributed by atoms with van der Waals surface area (Å²) < 4.78 is 54.8. The van der Waals surface area contributed by atoms with Gasteiger partial charge in [-0.2, -0.15) is 5.10 Å². The van der Waals surface area contributed by atoms with Crippen LogP contribution in [0.4, 0.5) is 23.4 Å². The molecular formula is C18H23F4N3O. The Kier molecular flexibility index (Phi) is 3.73. The van der Waals surface area contributed by atoms with Crippen LogP contribution in [0.3, 0.4) is 0 Å². The number of halogens is 4. The molecule has 1 amide bonds. The fraction of sp³-hybridized carbons (Fsp3) is 0.778. The van der Waals surface area contributed by atoms with Crippen molar-refractivity contribution in [1.29, 1.82) is 0 Å². The van der Waals surface area contributed by atoms with E-state index in [0.717, 1.165) is 19.3 Å². The van der Waals surface area contributed by atoms with Gasteiger partial charge in [0.25, 0.3) is 0 Å². The van der Waals surface area contributed by atoms with E-state index >= 15 is 0 Å². The molecule has 1 aromatic heterocycles. The Morgan fingerprint density at radius 3 is 2.23 bits per heavy atom. The third kappa shape index (κ3) is 2.81. The van der Waals surface area contributed by atoms with Crippen molar-refractivity contribution in [3.63, 3.8) is 0 Å². The summed E-state index contributed by atoms with van der Waals surface area (Å²) in [4.78, 5) is 12.4. The van der Waals surface area contributed by atoms with Crippen molar-refractivity contribution in [1.82, 2.24) is 9.78 Å². The highest BCUT2D eigenvalue weighted by Crippen LogP contribution is 2.54. The number of anilines is 1. The van der Waals surface area contributed by atoms with E-state index in [0.29, 0.717) is 17.1 Å². The second kappa shape index (κ2) is 5.45. The second-order valence-corrected chi connectivity index (χ2v) is 8.57. The highest BCUT2D eigenvalue weighted by Gasteiger charge is 2.56. The molecule has 3 aliphatic carbocycles. The zero-order valence-corrected chi connectivity index (χ0v) is 14.9. The monoisotopic (exact) mass is 373 g/mol. The summed E-state index contributed by atoms with van der Waals surface area (Å²) >= 11 is 0. The van der Waals surface area contributed by atoms with E-state index in [-0.39, 0.29) is 18.9 Å². The fourth-order valence-corrected chi connectivity index (χ4v) is 4.46. The molecule has 3 aliphatic rings. The molecule has 8 heteroatoms. The molecule has 4 nitrogen and oxygen atoms in total. The summed E-state index contributed by atoms with van der Waals surface area (Å²) in [5.74, 6) is -6.10. The molecule has 0 saturated heterocycles. The standard InChI is InChI=1S/C18H23F4N3O/c1-10-13(16(2)8-18(21,22)9-16)24-25(12-4-3-5-12)14(10)23-15(26)11-6-17(19,20)7-11/h11-12H,3-9H2,1-2H3,(H,23,26). The number of alkyl halides is 4. The van der Waals surface area contributed by atoms with Crippen LogP contribution in [-0.4, -0.2) is 27.5 Å². The molecule has 4 rings (SSSR count). The summed E-state index contributed by atoms with van der Waals surface area (Å²) in [5, 5.41) is 7.37. The van der Waals surface area contributed by atoms with Gasteiger partial charge in [0.1, 0.15) is 5.82 Å². The van der Waals surface area contributed by atoms with Crippen LogP contribution in [-0.2, 0) is 10.2 Å². The molecule has 1 heterocycles. The summed E-state index contributed by atoms with van der Waals surface area (Å²) in [6.45, 7) is 3.53. The number of nitrogens with zero attached hydrogens (tertiary/aromatic N) is 2. The molecule has 26 heavy (non-hydrogen) atoms. The molecule has 0 aromatic carbocycles. The van der Waals surface area contributed by atoms with Crippen LogP contribution in [0.15, 0.2) is 0 Å². The predicted octanol–water partition coefficient (Wildman–Crippen LogP) is 4.59. The molecule has 3 saturated carbocycles. The number of hydrogen-bond donors (Lipinski definition) is 1. The normalized spacial score (nSPS) is 26.5. The molecule has 1 aromatic rings. The number of nitrogens with one attached hydrogen (secondary N) is 1. The van der Waals surface area contributed by atoms with Crippen molar-refractivity contribution in [2.24, 2.45) is 5.92 Å². The number of carbonyl (C=O) groups excluding carboxylic acids is 1. The third-order valence-corrected chi connectivity index (χ3v) is 6.14. The Labute approximate surface area is 149 Å². The van der Waals surface area contributed by atoms with Gasteiger partial charge < -0.3 is 5.32 Å². The first-order chi connectivity index (χ1) is 12.0. The molecule has 0 bridgehead atoms. The molecule has 0 aliphatic heterocycles. The average molecular weight is 373 g/mol. The minimum atomic E-state index is -2.76. The highest BCUT2D eigenvalue weighted by molar-refractivity contribution is 5.93. The van der Waals surface area contributed by atoms with Crippen LogP contribution in [0.1, 0.15) is 69.2 Å². The number of aromatic nitrogens is 2. The van der Waals surface area contributed by atoms with Crippen LogP contribution >= 0.6 is 0 Å². The quantitative estimate of drug-likeness (QED) is 0.785. The highest BCUT2D eigenvalue weighted by atomic mass is 19.3. The first kappa shape index (κ1) is 17.8. The van der Waals surface area contributed by atoms with Crippen molar-refractivity contribution in [3.8, 4) is 0 Å². The first-order valence-electron chi connectivity index (χ1n) is 9.16. The zero-order valence-electron chi connectivity index (χ0n) is 14.9. The van der Waals surface area contributed by atoms with Gasteiger partial charge in [0, 0.05) is 42.6 Å². The van der Waals surface area contributed by atoms with E-state index in [9.17, 15) is 22.4 Å². The lowest BCUT2D eigenvalue weighted by Crippen LogP contribution is -2.47. The van der Waals surface area contributed by atoms with Crippen LogP contribution in [0, 0.1) is 12.8 Å². The maximum absolute atomic E-state index is 13.5. The van der Waals surface area contributed by atoms with Crippen LogP contribution in [0.2, 0.25) is 0 Å². The van der Waals surface area contributed by atoms with Crippen LogP contribution in [0.5, 0.6) is 0 Å². The Balaban J connectivity index is 1.60. The van der Waals surface area contributed by atoms with Crippen molar-refractivity contribution < 1.29 is 22.4 Å². The van der Waals surface area contributed by atoms with Gasteiger partial charge in [-0.1, -0.05) is 6.92 Å². The molecular weight excluding hydrogens is 350 g/mol. The van der Waals surface area contributed by atoms with Crippen molar-refractivity contribution in [2.75, 3.05) is 5.32 Å². The van der Waals surface area contributed by atoms with E-state index in [1.54, 1.807) is 18.5 Å². The van der Waals surface area contributed by atoms with E-state index in [4.69, 9.17) is 0 Å². The number of amides is 1. The van der Waals surface area contributed by atoms with Gasteiger partial charge in [0.2, 0.25) is 17.8 Å². The van der Waals surface area contributed by atoms with Gasteiger partial charge in [-0.3, -0.25) is 4.79 Å². The van der Waals surface area contributed by atoms with Gasteiger partial charge in [0.15, 0.2) is 0 Å². The SMILES string of the molecule is Cc1c(C2(C)CC(F)(F)C2)nn(C2CCC2)c1NC(=O)C1CC(F)(F)C1. The molecule has 144 valence electrons. The first-order valence-corrected chi connectivity index (χ1v) is 9.16. The minimum Gasteiger partial charge on any atom is -0.310 e. The molecule has 3 fully saturated rings. The molecule has 1 N–H and O–H groups in total. The Morgan fingerprint density at radius 2 is 1.77 bits per heavy atom. The lowest BCUT2D eigenvalue weighted by molar-refractivity contribution is -0.145. The zero-order chi connectivity index (χ0) is 18.9. The summed E-state index contributed by atoms with van der Waals surface area (Å²) in [6.07, 6.45) is 1.49. The van der Waals surface area contributed by atoms with Crippen molar-refractivity contribution in [2.45, 2.75) is 82.1 Å². The Hall–Kier alpha value is -1.60. The maximum atomic E-state index is 13.5. The van der Waals surface area contributed by atoms with Crippen molar-refractivity contribution in [3.05, 3.63) is 11.3 Å². The summed E-state index contributed by atoms with van der Waals surface area (Å²) in [5.41, 5.74) is 0.546. The van der Waals surface area contributed by atoms with E-state index < -0.39 is 41.9 Å². The topological polar surface area (TPSA) is 46.9 Å². The van der Waals surface area contributed by atoms with Gasteiger partial charge in [0.05, 0.1) is 11.7 Å². The summed E-state index contributed by atoms with van der Waals surface area (Å²) in [7, 11) is 0. The smallest absolute Gasteiger partial charge is 0.250 e. The largest absolute Gasteiger partial charge is 0.310 e. The van der Waals surface area contributed by atoms with E-state index in [1.165, 1.54) is 0 Å². The van der Waals surface area contributed by atoms with Gasteiger partial charge in [-0.05, 0) is 26.2 Å². The van der Waals surface area contributed by atoms with E-state index in [1.807, 2.05) is 0 Å².